The Kier molecular flexibility index (Phi) is 10.7. The maximum atomic E-state index is 10.4. The van der Waals surface area contributed by atoms with E-state index in [4.69, 9.17) is 10.2 Å². The van der Waals surface area contributed by atoms with E-state index in [0.29, 0.717) is 6.42 Å². The number of carbonyl (C=O) groups is 2. The number of carboxylic acids is 2. The summed E-state index contributed by atoms with van der Waals surface area (Å²) < 4.78 is 0. The van der Waals surface area contributed by atoms with Gasteiger partial charge in [-0.3, -0.25) is 9.59 Å². The van der Waals surface area contributed by atoms with Gasteiger partial charge in [-0.2, -0.15) is 0 Å². The summed E-state index contributed by atoms with van der Waals surface area (Å²) in [6, 6.07) is 0. The van der Waals surface area contributed by atoms with Crippen molar-refractivity contribution in [1.29, 1.82) is 0 Å². The third kappa shape index (κ3) is 7.14. The molecule has 0 aliphatic carbocycles. The van der Waals surface area contributed by atoms with Crippen LogP contribution in [0.3, 0.4) is 0 Å². The topological polar surface area (TPSA) is 74.6 Å². The molecule has 0 bridgehead atoms. The van der Waals surface area contributed by atoms with Crippen molar-refractivity contribution in [2.75, 3.05) is 0 Å². The molecule has 0 amide bonds. The monoisotopic (exact) mass is 214 g/mol. The van der Waals surface area contributed by atoms with Gasteiger partial charge in [0.15, 0.2) is 5.92 Å². The molecule has 0 atom stereocenters. The van der Waals surface area contributed by atoms with Crippen LogP contribution in [-0.4, -0.2) is 45.2 Å². The number of hydrogen-bond donors (Lipinski definition) is 2. The second-order valence-corrected chi connectivity index (χ2v) is 3.08. The van der Waals surface area contributed by atoms with Crippen LogP contribution in [0.4, 0.5) is 0 Å². The second kappa shape index (κ2) is 9.27. The zero-order valence-corrected chi connectivity index (χ0v) is 9.95. The predicted octanol–water partition coefficient (Wildman–Crippen LogP) is 1.59. The van der Waals surface area contributed by atoms with E-state index in [0.717, 1.165) is 19.3 Å². The predicted molar refractivity (Wildman–Crippen MR) is 55.5 cm³/mol. The standard InChI is InChI=1S/C9H16O4.Mg.2H/c1-2-3-4-5-6-7(8(10)11)9(12)13;;;/h7H,2-6H2,1H3,(H,10,11)(H,12,13);;;/q;+2;2*-1. The molecule has 80 valence electrons. The van der Waals surface area contributed by atoms with E-state index < -0.39 is 17.9 Å². The van der Waals surface area contributed by atoms with Crippen molar-refractivity contribution in [3.63, 3.8) is 0 Å². The van der Waals surface area contributed by atoms with Crippen molar-refractivity contribution in [3.05, 3.63) is 0 Å². The van der Waals surface area contributed by atoms with E-state index in [1.54, 1.807) is 0 Å². The second-order valence-electron chi connectivity index (χ2n) is 3.08. The molecule has 0 saturated carbocycles. The van der Waals surface area contributed by atoms with Crippen LogP contribution in [0.25, 0.3) is 0 Å². The minimum Gasteiger partial charge on any atom is -1.00 e. The van der Waals surface area contributed by atoms with E-state index in [-0.39, 0.29) is 32.3 Å². The summed E-state index contributed by atoms with van der Waals surface area (Å²) in [7, 11) is 0. The molecule has 14 heavy (non-hydrogen) atoms. The zero-order valence-electron chi connectivity index (χ0n) is 10.5. The largest absolute Gasteiger partial charge is 2.00 e. The van der Waals surface area contributed by atoms with Gasteiger partial charge in [0.1, 0.15) is 0 Å². The quantitative estimate of drug-likeness (QED) is 0.383. The van der Waals surface area contributed by atoms with Gasteiger partial charge < -0.3 is 13.1 Å². The number of aliphatic carboxylic acids is 2. The Labute approximate surface area is 103 Å². The molecule has 0 aliphatic heterocycles. The number of carboxylic acid groups (broad SMARTS) is 2. The Morgan fingerprint density at radius 2 is 1.64 bits per heavy atom. The molecule has 0 aromatic heterocycles. The first-order chi connectivity index (χ1) is 6.09. The number of rotatable bonds is 7. The van der Waals surface area contributed by atoms with Crippen molar-refractivity contribution in [2.24, 2.45) is 5.92 Å². The molecule has 0 unspecified atom stereocenters. The minimum atomic E-state index is -1.23. The van der Waals surface area contributed by atoms with Gasteiger partial charge in [0, 0.05) is 0 Å². The summed E-state index contributed by atoms with van der Waals surface area (Å²) in [5.41, 5.74) is 0. The first-order valence-corrected chi connectivity index (χ1v) is 4.55. The van der Waals surface area contributed by atoms with E-state index in [1.807, 2.05) is 6.92 Å². The molecule has 0 aromatic rings. The Morgan fingerprint density at radius 3 is 2.00 bits per heavy atom. The first-order valence-electron chi connectivity index (χ1n) is 4.55. The van der Waals surface area contributed by atoms with Gasteiger partial charge in [-0.15, -0.1) is 0 Å². The van der Waals surface area contributed by atoms with Crippen LogP contribution in [0.5, 0.6) is 0 Å². The van der Waals surface area contributed by atoms with Crippen LogP contribution < -0.4 is 0 Å². The van der Waals surface area contributed by atoms with Crippen molar-refractivity contribution in [3.8, 4) is 0 Å². The van der Waals surface area contributed by atoms with Gasteiger partial charge in [0.25, 0.3) is 0 Å². The van der Waals surface area contributed by atoms with Crippen molar-refractivity contribution in [2.45, 2.75) is 39.0 Å². The molecule has 4 nitrogen and oxygen atoms in total. The molecule has 0 rings (SSSR count). The van der Waals surface area contributed by atoms with Crippen molar-refractivity contribution >= 4 is 35.0 Å². The van der Waals surface area contributed by atoms with E-state index in [1.165, 1.54) is 0 Å². The molecular weight excluding hydrogens is 196 g/mol. The molecule has 0 saturated heterocycles. The third-order valence-electron chi connectivity index (χ3n) is 1.94. The van der Waals surface area contributed by atoms with Crippen LogP contribution in [0.15, 0.2) is 0 Å². The summed E-state index contributed by atoms with van der Waals surface area (Å²) in [5.74, 6) is -3.69. The van der Waals surface area contributed by atoms with Gasteiger partial charge >= 0.3 is 35.0 Å². The Morgan fingerprint density at radius 1 is 1.14 bits per heavy atom. The smallest absolute Gasteiger partial charge is 1.00 e. The molecule has 0 spiro atoms. The number of hydrogen-bond acceptors (Lipinski definition) is 2. The maximum absolute atomic E-state index is 10.4. The van der Waals surface area contributed by atoms with Gasteiger partial charge in [0.2, 0.25) is 0 Å². The van der Waals surface area contributed by atoms with Crippen LogP contribution >= 0.6 is 0 Å². The summed E-state index contributed by atoms with van der Waals surface area (Å²) in [6.07, 6.45) is 3.92. The fourth-order valence-corrected chi connectivity index (χ4v) is 1.13. The summed E-state index contributed by atoms with van der Waals surface area (Å²) >= 11 is 0. The number of unbranched alkanes of at least 4 members (excludes halogenated alkanes) is 3. The Balaban J connectivity index is -0.000000240. The Bertz CT molecular complexity index is 176. The van der Waals surface area contributed by atoms with Gasteiger partial charge in [0.05, 0.1) is 0 Å². The zero-order chi connectivity index (χ0) is 10.3. The molecular formula is C9H18MgO4. The summed E-state index contributed by atoms with van der Waals surface area (Å²) in [6.45, 7) is 2.05. The average molecular weight is 215 g/mol. The average Bonchev–Trinajstić information content (AvgIpc) is 2.02. The van der Waals surface area contributed by atoms with Crippen LogP contribution in [0.2, 0.25) is 0 Å². The molecule has 0 heterocycles. The summed E-state index contributed by atoms with van der Waals surface area (Å²) in [4.78, 5) is 20.8. The third-order valence-corrected chi connectivity index (χ3v) is 1.94. The van der Waals surface area contributed by atoms with Crippen LogP contribution in [-0.2, 0) is 9.59 Å². The van der Waals surface area contributed by atoms with E-state index >= 15 is 0 Å². The summed E-state index contributed by atoms with van der Waals surface area (Å²) in [5, 5.41) is 17.0. The van der Waals surface area contributed by atoms with Gasteiger partial charge in [-0.1, -0.05) is 32.6 Å². The maximum Gasteiger partial charge on any atom is 2.00 e. The molecule has 5 heteroatoms. The Hall–Kier alpha value is -0.294. The molecule has 0 radical (unpaired) electrons. The van der Waals surface area contributed by atoms with E-state index in [2.05, 4.69) is 0 Å². The van der Waals surface area contributed by atoms with Crippen LogP contribution in [0.1, 0.15) is 41.9 Å². The van der Waals surface area contributed by atoms with Crippen molar-refractivity contribution in [1.82, 2.24) is 0 Å². The first kappa shape index (κ1) is 16.1. The van der Waals surface area contributed by atoms with Crippen molar-refractivity contribution < 1.29 is 22.7 Å². The fraction of sp³-hybridized carbons (Fsp3) is 0.778. The van der Waals surface area contributed by atoms with E-state index in [9.17, 15) is 9.59 Å². The molecule has 2 N–H and O–H groups in total. The molecule has 0 fully saturated rings. The SMILES string of the molecule is CCCCCCC(C(=O)O)C(=O)O.[H-].[H-].[Mg+2]. The van der Waals surface area contributed by atoms with Gasteiger partial charge in [-0.05, 0) is 6.42 Å². The molecule has 0 aromatic carbocycles. The van der Waals surface area contributed by atoms with Crippen LogP contribution in [0, 0.1) is 5.92 Å². The molecule has 0 aliphatic rings. The van der Waals surface area contributed by atoms with Gasteiger partial charge in [-0.25, -0.2) is 0 Å². The minimum absolute atomic E-state index is 0. The fourth-order valence-electron chi connectivity index (χ4n) is 1.13. The normalized spacial score (nSPS) is 9.57.